The average Bonchev–Trinajstić information content (AvgIpc) is 2.80. The van der Waals surface area contributed by atoms with E-state index in [1.165, 1.54) is 0 Å². The van der Waals surface area contributed by atoms with Crippen molar-refractivity contribution in [1.29, 1.82) is 5.26 Å². The first-order valence-electron chi connectivity index (χ1n) is 6.38. The highest BCUT2D eigenvalue weighted by atomic mass is 16.7. The SMILES string of the molecule is C[C@@H]([C@H]1CCC(C#N)N1C)[C@H]1COC(C)(C)O1. The molecule has 0 aromatic carbocycles. The number of hydrogen-bond acceptors (Lipinski definition) is 4. The minimum absolute atomic E-state index is 0.0674. The Hall–Kier alpha value is -0.630. The van der Waals surface area contributed by atoms with Crippen molar-refractivity contribution < 1.29 is 9.47 Å². The van der Waals surface area contributed by atoms with E-state index in [2.05, 4.69) is 17.9 Å². The Bertz CT molecular complexity index is 324. The zero-order chi connectivity index (χ0) is 12.6. The maximum atomic E-state index is 9.04. The van der Waals surface area contributed by atoms with Crippen LogP contribution in [0.2, 0.25) is 0 Å². The number of nitrogens with zero attached hydrogens (tertiary/aromatic N) is 2. The first-order valence-corrected chi connectivity index (χ1v) is 6.38. The molecule has 2 aliphatic heterocycles. The molecular formula is C13H22N2O2. The van der Waals surface area contributed by atoms with Crippen LogP contribution < -0.4 is 0 Å². The van der Waals surface area contributed by atoms with Gasteiger partial charge < -0.3 is 9.47 Å². The second kappa shape index (κ2) is 4.56. The van der Waals surface area contributed by atoms with Gasteiger partial charge >= 0.3 is 0 Å². The molecule has 0 aliphatic carbocycles. The Morgan fingerprint density at radius 3 is 2.59 bits per heavy atom. The predicted molar refractivity (Wildman–Crippen MR) is 64.3 cm³/mol. The molecule has 2 heterocycles. The molecule has 0 N–H and O–H groups in total. The summed E-state index contributed by atoms with van der Waals surface area (Å²) in [5, 5.41) is 9.04. The molecule has 4 atom stereocenters. The molecule has 0 aromatic rings. The number of nitriles is 1. The highest BCUT2D eigenvalue weighted by Gasteiger charge is 2.42. The fourth-order valence-corrected chi connectivity index (χ4v) is 2.98. The standard InChI is InChI=1S/C13H22N2O2/c1-9(12-8-16-13(2,3)17-12)11-6-5-10(7-14)15(11)4/h9-12H,5-6,8H2,1-4H3/t9-,10?,11+,12+/m0/s1. The number of ether oxygens (including phenoxy) is 2. The summed E-state index contributed by atoms with van der Waals surface area (Å²) in [6, 6.07) is 2.86. The third-order valence-corrected chi connectivity index (χ3v) is 4.12. The highest BCUT2D eigenvalue weighted by molar-refractivity contribution is 5.01. The van der Waals surface area contributed by atoms with Gasteiger partial charge in [-0.05, 0) is 33.7 Å². The molecule has 2 rings (SSSR count). The molecule has 17 heavy (non-hydrogen) atoms. The minimum atomic E-state index is -0.454. The molecule has 0 aromatic heterocycles. The van der Waals surface area contributed by atoms with Crippen LogP contribution in [0.5, 0.6) is 0 Å². The van der Waals surface area contributed by atoms with Gasteiger partial charge in [-0.3, -0.25) is 4.90 Å². The highest BCUT2D eigenvalue weighted by Crippen LogP contribution is 2.34. The van der Waals surface area contributed by atoms with E-state index in [1.807, 2.05) is 20.9 Å². The van der Waals surface area contributed by atoms with Crippen molar-refractivity contribution in [2.45, 2.75) is 57.6 Å². The van der Waals surface area contributed by atoms with E-state index in [9.17, 15) is 0 Å². The summed E-state index contributed by atoms with van der Waals surface area (Å²) in [6.07, 6.45) is 2.20. The molecule has 4 heteroatoms. The van der Waals surface area contributed by atoms with Crippen LogP contribution in [-0.2, 0) is 9.47 Å². The van der Waals surface area contributed by atoms with Crippen LogP contribution in [-0.4, -0.2) is 42.5 Å². The normalized spacial score (nSPS) is 39.1. The Kier molecular flexibility index (Phi) is 3.44. The van der Waals surface area contributed by atoms with E-state index in [0.717, 1.165) is 12.8 Å². The predicted octanol–water partition coefficient (Wildman–Crippen LogP) is 1.76. The Balaban J connectivity index is 1.98. The van der Waals surface area contributed by atoms with Crippen LogP contribution in [0.15, 0.2) is 0 Å². The molecule has 2 saturated heterocycles. The third kappa shape index (κ3) is 2.47. The summed E-state index contributed by atoms with van der Waals surface area (Å²) in [6.45, 7) is 6.78. The summed E-state index contributed by atoms with van der Waals surface area (Å²) in [5.74, 6) is -0.0507. The van der Waals surface area contributed by atoms with Crippen LogP contribution in [0.25, 0.3) is 0 Å². The van der Waals surface area contributed by atoms with Gasteiger partial charge in [-0.15, -0.1) is 0 Å². The zero-order valence-electron chi connectivity index (χ0n) is 11.1. The van der Waals surface area contributed by atoms with Gasteiger partial charge in [0, 0.05) is 12.0 Å². The summed E-state index contributed by atoms with van der Waals surface area (Å²) < 4.78 is 11.5. The van der Waals surface area contributed by atoms with Crippen molar-refractivity contribution >= 4 is 0 Å². The molecule has 0 radical (unpaired) electrons. The van der Waals surface area contributed by atoms with Crippen LogP contribution >= 0.6 is 0 Å². The maximum absolute atomic E-state index is 9.04. The zero-order valence-corrected chi connectivity index (χ0v) is 11.1. The van der Waals surface area contributed by atoms with Gasteiger partial charge in [-0.2, -0.15) is 5.26 Å². The quantitative estimate of drug-likeness (QED) is 0.735. The van der Waals surface area contributed by atoms with E-state index in [4.69, 9.17) is 14.7 Å². The molecule has 2 fully saturated rings. The third-order valence-electron chi connectivity index (χ3n) is 4.12. The van der Waals surface area contributed by atoms with Gasteiger partial charge in [0.25, 0.3) is 0 Å². The minimum Gasteiger partial charge on any atom is -0.348 e. The molecule has 0 spiro atoms. The molecule has 4 nitrogen and oxygen atoms in total. The molecule has 0 bridgehead atoms. The van der Waals surface area contributed by atoms with E-state index >= 15 is 0 Å². The Morgan fingerprint density at radius 1 is 1.41 bits per heavy atom. The molecule has 96 valence electrons. The lowest BCUT2D eigenvalue weighted by atomic mass is 9.94. The van der Waals surface area contributed by atoms with E-state index < -0.39 is 5.79 Å². The molecule has 0 saturated carbocycles. The number of likely N-dealkylation sites (tertiary alicyclic amines) is 1. The van der Waals surface area contributed by atoms with Crippen molar-refractivity contribution in [3.05, 3.63) is 0 Å². The van der Waals surface area contributed by atoms with Gasteiger partial charge in [0.1, 0.15) is 0 Å². The number of hydrogen-bond donors (Lipinski definition) is 0. The van der Waals surface area contributed by atoms with Crippen LogP contribution in [0, 0.1) is 17.2 Å². The Labute approximate surface area is 103 Å². The average molecular weight is 238 g/mol. The first kappa shape index (κ1) is 12.8. The van der Waals surface area contributed by atoms with Gasteiger partial charge in [0.15, 0.2) is 5.79 Å². The van der Waals surface area contributed by atoms with Crippen molar-refractivity contribution in [3.8, 4) is 6.07 Å². The van der Waals surface area contributed by atoms with Crippen molar-refractivity contribution in [3.63, 3.8) is 0 Å². The molecule has 1 unspecified atom stereocenters. The van der Waals surface area contributed by atoms with E-state index in [1.54, 1.807) is 0 Å². The van der Waals surface area contributed by atoms with Crippen LogP contribution in [0.4, 0.5) is 0 Å². The smallest absolute Gasteiger partial charge is 0.163 e. The van der Waals surface area contributed by atoms with E-state index in [0.29, 0.717) is 18.6 Å². The van der Waals surface area contributed by atoms with Gasteiger partial charge in [-0.1, -0.05) is 6.92 Å². The summed E-state index contributed by atoms with van der Waals surface area (Å²) in [5.41, 5.74) is 0. The van der Waals surface area contributed by atoms with Gasteiger partial charge in [0.05, 0.1) is 24.8 Å². The maximum Gasteiger partial charge on any atom is 0.163 e. The second-order valence-electron chi connectivity index (χ2n) is 5.68. The molecule has 0 amide bonds. The summed E-state index contributed by atoms with van der Waals surface area (Å²) >= 11 is 0. The second-order valence-corrected chi connectivity index (χ2v) is 5.68. The lowest BCUT2D eigenvalue weighted by molar-refractivity contribution is -0.146. The monoisotopic (exact) mass is 238 g/mol. The van der Waals surface area contributed by atoms with Crippen molar-refractivity contribution in [2.24, 2.45) is 5.92 Å². The largest absolute Gasteiger partial charge is 0.348 e. The van der Waals surface area contributed by atoms with Crippen LogP contribution in [0.3, 0.4) is 0 Å². The summed E-state index contributed by atoms with van der Waals surface area (Å²) in [4.78, 5) is 2.19. The van der Waals surface area contributed by atoms with Crippen molar-refractivity contribution in [2.75, 3.05) is 13.7 Å². The summed E-state index contributed by atoms with van der Waals surface area (Å²) in [7, 11) is 2.04. The van der Waals surface area contributed by atoms with Gasteiger partial charge in [0.2, 0.25) is 0 Å². The molecule has 2 aliphatic rings. The number of rotatable bonds is 2. The van der Waals surface area contributed by atoms with Crippen molar-refractivity contribution in [1.82, 2.24) is 4.90 Å². The van der Waals surface area contributed by atoms with Gasteiger partial charge in [-0.25, -0.2) is 0 Å². The fraction of sp³-hybridized carbons (Fsp3) is 0.923. The lowest BCUT2D eigenvalue weighted by Gasteiger charge is -2.31. The van der Waals surface area contributed by atoms with Crippen LogP contribution in [0.1, 0.15) is 33.6 Å². The topological polar surface area (TPSA) is 45.5 Å². The lowest BCUT2D eigenvalue weighted by Crippen LogP contribution is -2.41. The molecular weight excluding hydrogens is 216 g/mol. The first-order chi connectivity index (χ1) is 7.94. The fourth-order valence-electron chi connectivity index (χ4n) is 2.98. The Morgan fingerprint density at radius 2 is 2.12 bits per heavy atom. The van der Waals surface area contributed by atoms with E-state index in [-0.39, 0.29) is 12.1 Å².